The molecule has 2 aliphatic rings. The topological polar surface area (TPSA) is 42.2 Å². The lowest BCUT2D eigenvalue weighted by molar-refractivity contribution is 0.0889. The highest BCUT2D eigenvalue weighted by atomic mass is 79.9. The number of fused-ring (bicyclic) bond motifs is 3. The molecule has 1 amide bonds. The Labute approximate surface area is 138 Å². The van der Waals surface area contributed by atoms with Crippen molar-refractivity contribution in [1.82, 2.24) is 5.32 Å². The van der Waals surface area contributed by atoms with Gasteiger partial charge in [0.1, 0.15) is 5.58 Å². The highest BCUT2D eigenvalue weighted by Gasteiger charge is 2.42. The Morgan fingerprint density at radius 1 is 1.36 bits per heavy atom. The Balaban J connectivity index is 1.50. The molecule has 1 N–H and O–H groups in total. The van der Waals surface area contributed by atoms with E-state index in [4.69, 9.17) is 4.42 Å². The second kappa shape index (κ2) is 5.41. The molecule has 0 saturated heterocycles. The normalized spacial score (nSPS) is 28.2. The Morgan fingerprint density at radius 2 is 2.23 bits per heavy atom. The molecular formula is C18H20BrNO2. The summed E-state index contributed by atoms with van der Waals surface area (Å²) >= 11 is 3.49. The molecule has 2 saturated carbocycles. The maximum atomic E-state index is 12.5. The lowest BCUT2D eigenvalue weighted by Crippen LogP contribution is -2.39. The van der Waals surface area contributed by atoms with Crippen LogP contribution in [-0.4, -0.2) is 11.9 Å². The van der Waals surface area contributed by atoms with Gasteiger partial charge < -0.3 is 9.73 Å². The predicted molar refractivity (Wildman–Crippen MR) is 89.8 cm³/mol. The molecule has 1 aromatic carbocycles. The van der Waals surface area contributed by atoms with Gasteiger partial charge in [-0.1, -0.05) is 28.4 Å². The zero-order chi connectivity index (χ0) is 15.3. The third-order valence-corrected chi connectivity index (χ3v) is 6.22. The predicted octanol–water partition coefficient (Wildman–Crippen LogP) is 4.75. The molecule has 0 aliphatic heterocycles. The Morgan fingerprint density at radius 3 is 2.91 bits per heavy atom. The number of halogens is 1. The molecule has 116 valence electrons. The van der Waals surface area contributed by atoms with Crippen LogP contribution < -0.4 is 5.32 Å². The van der Waals surface area contributed by atoms with Gasteiger partial charge in [-0.05, 0) is 62.1 Å². The third kappa shape index (κ3) is 2.37. The van der Waals surface area contributed by atoms with E-state index < -0.39 is 0 Å². The van der Waals surface area contributed by atoms with E-state index in [0.29, 0.717) is 11.7 Å². The van der Waals surface area contributed by atoms with Gasteiger partial charge in [0.15, 0.2) is 5.76 Å². The van der Waals surface area contributed by atoms with Gasteiger partial charge in [0.2, 0.25) is 0 Å². The summed E-state index contributed by atoms with van der Waals surface area (Å²) < 4.78 is 6.65. The summed E-state index contributed by atoms with van der Waals surface area (Å²) in [5.74, 6) is 2.65. The maximum Gasteiger partial charge on any atom is 0.287 e. The van der Waals surface area contributed by atoms with Gasteiger partial charge in [-0.2, -0.15) is 0 Å². The smallest absolute Gasteiger partial charge is 0.287 e. The van der Waals surface area contributed by atoms with Crippen molar-refractivity contribution < 1.29 is 9.21 Å². The van der Waals surface area contributed by atoms with E-state index in [1.807, 2.05) is 24.3 Å². The highest BCUT2D eigenvalue weighted by Crippen LogP contribution is 2.49. The van der Waals surface area contributed by atoms with Crippen LogP contribution >= 0.6 is 15.9 Å². The summed E-state index contributed by atoms with van der Waals surface area (Å²) in [5.41, 5.74) is 0.743. The number of carbonyl (C=O) groups is 1. The van der Waals surface area contributed by atoms with Gasteiger partial charge in [0.25, 0.3) is 5.91 Å². The molecule has 4 rings (SSSR count). The van der Waals surface area contributed by atoms with Crippen LogP contribution in [0.1, 0.15) is 43.2 Å². The highest BCUT2D eigenvalue weighted by molar-refractivity contribution is 9.10. The number of nitrogens with one attached hydrogen (secondary N) is 1. The first-order valence-electron chi connectivity index (χ1n) is 8.10. The number of rotatable bonds is 3. The number of carbonyl (C=O) groups excluding carboxylic acids is 1. The fourth-order valence-electron chi connectivity index (χ4n) is 4.43. The first-order chi connectivity index (χ1) is 10.6. The molecule has 3 nitrogen and oxygen atoms in total. The second-order valence-corrected chi connectivity index (χ2v) is 7.72. The molecule has 4 unspecified atom stereocenters. The van der Waals surface area contributed by atoms with Crippen molar-refractivity contribution in [1.29, 1.82) is 0 Å². The minimum absolute atomic E-state index is 0.0987. The second-order valence-electron chi connectivity index (χ2n) is 6.86. The fraction of sp³-hybridized carbons (Fsp3) is 0.500. The molecule has 22 heavy (non-hydrogen) atoms. The van der Waals surface area contributed by atoms with Gasteiger partial charge >= 0.3 is 0 Å². The van der Waals surface area contributed by atoms with Crippen LogP contribution in [0.4, 0.5) is 0 Å². The van der Waals surface area contributed by atoms with Gasteiger partial charge in [0, 0.05) is 15.9 Å². The first-order valence-corrected chi connectivity index (χ1v) is 8.90. The zero-order valence-corrected chi connectivity index (χ0v) is 14.2. The van der Waals surface area contributed by atoms with Gasteiger partial charge in [0.05, 0.1) is 0 Å². The number of hydrogen-bond acceptors (Lipinski definition) is 2. The largest absolute Gasteiger partial charge is 0.451 e. The maximum absolute atomic E-state index is 12.5. The molecule has 0 spiro atoms. The van der Waals surface area contributed by atoms with E-state index in [1.54, 1.807) is 0 Å². The molecule has 1 heterocycles. The van der Waals surface area contributed by atoms with E-state index in [9.17, 15) is 4.79 Å². The lowest BCUT2D eigenvalue weighted by Gasteiger charge is -2.28. The van der Waals surface area contributed by atoms with Crippen LogP contribution in [0.3, 0.4) is 0 Å². The number of furan rings is 1. The molecule has 2 bridgehead atoms. The molecular weight excluding hydrogens is 342 g/mol. The average Bonchev–Trinajstić information content (AvgIpc) is 3.22. The minimum atomic E-state index is -0.0987. The molecule has 2 aromatic rings. The monoisotopic (exact) mass is 361 g/mol. The van der Waals surface area contributed by atoms with E-state index in [-0.39, 0.29) is 11.9 Å². The van der Waals surface area contributed by atoms with E-state index in [1.165, 1.54) is 25.7 Å². The van der Waals surface area contributed by atoms with Gasteiger partial charge in [-0.15, -0.1) is 0 Å². The van der Waals surface area contributed by atoms with E-state index in [0.717, 1.165) is 27.3 Å². The van der Waals surface area contributed by atoms with E-state index >= 15 is 0 Å². The van der Waals surface area contributed by atoms with Crippen molar-refractivity contribution in [3.05, 3.63) is 34.5 Å². The summed E-state index contributed by atoms with van der Waals surface area (Å²) in [6, 6.07) is 7.80. The number of amides is 1. The standard InChI is InChI=1S/C18H20BrNO2/c1-10(13-8-11-5-6-12(13)7-11)20-18(21)17-9-14-15(19)3-2-4-16(14)22-17/h2-4,9-13H,5-8H2,1H3,(H,20,21). The van der Waals surface area contributed by atoms with Crippen molar-refractivity contribution in [2.24, 2.45) is 17.8 Å². The van der Waals surface area contributed by atoms with Crippen LogP contribution in [0.25, 0.3) is 11.0 Å². The summed E-state index contributed by atoms with van der Waals surface area (Å²) in [7, 11) is 0. The Hall–Kier alpha value is -1.29. The zero-order valence-electron chi connectivity index (χ0n) is 12.6. The fourth-order valence-corrected chi connectivity index (χ4v) is 4.89. The Bertz CT molecular complexity index is 723. The van der Waals surface area contributed by atoms with Gasteiger partial charge in [-0.3, -0.25) is 4.79 Å². The Kier molecular flexibility index (Phi) is 3.52. The van der Waals surface area contributed by atoms with E-state index in [2.05, 4.69) is 28.2 Å². The summed E-state index contributed by atoms with van der Waals surface area (Å²) in [4.78, 5) is 12.5. The first kappa shape index (κ1) is 14.3. The quantitative estimate of drug-likeness (QED) is 0.856. The van der Waals surface area contributed by atoms with Gasteiger partial charge in [-0.25, -0.2) is 0 Å². The van der Waals surface area contributed by atoms with Crippen molar-refractivity contribution in [3.8, 4) is 0 Å². The average molecular weight is 362 g/mol. The van der Waals surface area contributed by atoms with Crippen LogP contribution in [0.2, 0.25) is 0 Å². The van der Waals surface area contributed by atoms with Crippen LogP contribution in [0.15, 0.2) is 33.2 Å². The van der Waals surface area contributed by atoms with Crippen LogP contribution in [-0.2, 0) is 0 Å². The molecule has 2 aliphatic carbocycles. The molecule has 2 fully saturated rings. The summed E-state index contributed by atoms with van der Waals surface area (Å²) in [5, 5.41) is 4.10. The molecule has 1 aromatic heterocycles. The van der Waals surface area contributed by atoms with Crippen LogP contribution in [0, 0.1) is 17.8 Å². The van der Waals surface area contributed by atoms with Crippen LogP contribution in [0.5, 0.6) is 0 Å². The molecule has 4 atom stereocenters. The lowest BCUT2D eigenvalue weighted by atomic mass is 9.84. The summed E-state index contributed by atoms with van der Waals surface area (Å²) in [6.45, 7) is 2.14. The van der Waals surface area contributed by atoms with Crippen molar-refractivity contribution >= 4 is 32.8 Å². The number of benzene rings is 1. The summed E-state index contributed by atoms with van der Waals surface area (Å²) in [6.07, 6.45) is 5.37. The van der Waals surface area contributed by atoms with Crippen molar-refractivity contribution in [3.63, 3.8) is 0 Å². The molecule has 4 heteroatoms. The third-order valence-electron chi connectivity index (χ3n) is 5.53. The molecule has 0 radical (unpaired) electrons. The SMILES string of the molecule is CC(NC(=O)c1cc2c(Br)cccc2o1)C1CC2CCC1C2. The minimum Gasteiger partial charge on any atom is -0.451 e. The number of hydrogen-bond donors (Lipinski definition) is 1. The van der Waals surface area contributed by atoms with Crippen molar-refractivity contribution in [2.75, 3.05) is 0 Å². The van der Waals surface area contributed by atoms with Crippen molar-refractivity contribution in [2.45, 2.75) is 38.6 Å².